The van der Waals surface area contributed by atoms with Crippen molar-refractivity contribution in [1.82, 2.24) is 10.2 Å². The second kappa shape index (κ2) is 5.21. The Kier molecular flexibility index (Phi) is 3.10. The Morgan fingerprint density at radius 2 is 1.88 bits per heavy atom. The first-order chi connectivity index (χ1) is 11.8. The van der Waals surface area contributed by atoms with Gasteiger partial charge in [-0.1, -0.05) is 13.0 Å². The summed E-state index contributed by atoms with van der Waals surface area (Å²) < 4.78 is 22.7. The molecule has 2 aromatic rings. The van der Waals surface area contributed by atoms with E-state index in [2.05, 4.69) is 29.3 Å². The molecule has 3 heterocycles. The van der Waals surface area contributed by atoms with E-state index in [-0.39, 0.29) is 12.2 Å². The molecule has 2 fully saturated rings. The third-order valence-corrected chi connectivity index (χ3v) is 5.55. The topological polar surface area (TPSA) is 66.6 Å². The van der Waals surface area contributed by atoms with Crippen LogP contribution in [0.25, 0.3) is 0 Å². The van der Waals surface area contributed by atoms with E-state index < -0.39 is 0 Å². The molecule has 1 aromatic heterocycles. The highest BCUT2D eigenvalue weighted by Gasteiger charge is 2.44. The Labute approximate surface area is 140 Å². The van der Waals surface area contributed by atoms with Crippen LogP contribution in [0.15, 0.2) is 22.6 Å². The molecule has 0 amide bonds. The molecular formula is C18H20N2O4. The van der Waals surface area contributed by atoms with Crippen molar-refractivity contribution in [1.29, 1.82) is 0 Å². The fourth-order valence-corrected chi connectivity index (χ4v) is 3.78. The van der Waals surface area contributed by atoms with Crippen LogP contribution in [0.5, 0.6) is 11.5 Å². The predicted octanol–water partition coefficient (Wildman–Crippen LogP) is 3.02. The van der Waals surface area contributed by atoms with Gasteiger partial charge in [-0.25, -0.2) is 0 Å². The SMILES string of the molecule is CC1CC1c1nnc(C2(c3ccc4c(c3)OCO4)CCOCC2)o1. The van der Waals surface area contributed by atoms with Crippen molar-refractivity contribution in [3.63, 3.8) is 0 Å². The van der Waals surface area contributed by atoms with E-state index in [1.807, 2.05) is 6.07 Å². The van der Waals surface area contributed by atoms with E-state index in [1.165, 1.54) is 0 Å². The number of fused-ring (bicyclic) bond motifs is 1. The van der Waals surface area contributed by atoms with Gasteiger partial charge in [0.1, 0.15) is 0 Å². The van der Waals surface area contributed by atoms with Gasteiger partial charge in [0.2, 0.25) is 18.6 Å². The minimum absolute atomic E-state index is 0.277. The summed E-state index contributed by atoms with van der Waals surface area (Å²) in [5, 5.41) is 8.77. The molecule has 2 unspecified atom stereocenters. The fourth-order valence-electron chi connectivity index (χ4n) is 3.78. The number of rotatable bonds is 3. The largest absolute Gasteiger partial charge is 0.454 e. The van der Waals surface area contributed by atoms with Gasteiger partial charge in [-0.05, 0) is 42.9 Å². The third-order valence-electron chi connectivity index (χ3n) is 5.55. The lowest BCUT2D eigenvalue weighted by molar-refractivity contribution is 0.0539. The molecule has 24 heavy (non-hydrogen) atoms. The van der Waals surface area contributed by atoms with Gasteiger partial charge in [0.05, 0.1) is 5.41 Å². The van der Waals surface area contributed by atoms with Crippen molar-refractivity contribution in [3.05, 3.63) is 35.5 Å². The molecule has 1 saturated carbocycles. The van der Waals surface area contributed by atoms with E-state index in [1.54, 1.807) is 0 Å². The number of nitrogens with zero attached hydrogens (tertiary/aromatic N) is 2. The van der Waals surface area contributed by atoms with Crippen LogP contribution < -0.4 is 9.47 Å². The molecule has 1 saturated heterocycles. The van der Waals surface area contributed by atoms with Gasteiger partial charge in [0.25, 0.3) is 0 Å². The van der Waals surface area contributed by atoms with E-state index >= 15 is 0 Å². The summed E-state index contributed by atoms with van der Waals surface area (Å²) in [6.07, 6.45) is 2.80. The second-order valence-corrected chi connectivity index (χ2v) is 7.03. The average molecular weight is 328 g/mol. The first kappa shape index (κ1) is 14.3. The lowest BCUT2D eigenvalue weighted by atomic mass is 9.74. The monoisotopic (exact) mass is 328 g/mol. The molecule has 2 aliphatic heterocycles. The highest BCUT2D eigenvalue weighted by molar-refractivity contribution is 5.48. The van der Waals surface area contributed by atoms with Crippen molar-refractivity contribution in [2.75, 3.05) is 20.0 Å². The Balaban J connectivity index is 1.57. The zero-order valence-electron chi connectivity index (χ0n) is 13.7. The Morgan fingerprint density at radius 3 is 2.67 bits per heavy atom. The molecule has 6 nitrogen and oxygen atoms in total. The average Bonchev–Trinajstić information content (AvgIpc) is 3.06. The molecule has 6 heteroatoms. The molecule has 1 aliphatic carbocycles. The molecule has 0 radical (unpaired) electrons. The van der Waals surface area contributed by atoms with Crippen LogP contribution in [-0.2, 0) is 10.2 Å². The lowest BCUT2D eigenvalue weighted by Crippen LogP contribution is -2.35. The molecule has 2 atom stereocenters. The quantitative estimate of drug-likeness (QED) is 0.863. The predicted molar refractivity (Wildman–Crippen MR) is 84.2 cm³/mol. The van der Waals surface area contributed by atoms with E-state index in [9.17, 15) is 0 Å². The highest BCUT2D eigenvalue weighted by Crippen LogP contribution is 2.49. The van der Waals surface area contributed by atoms with Crippen LogP contribution in [-0.4, -0.2) is 30.2 Å². The normalized spacial score (nSPS) is 27.2. The highest BCUT2D eigenvalue weighted by atomic mass is 16.7. The van der Waals surface area contributed by atoms with Crippen molar-refractivity contribution in [3.8, 4) is 11.5 Å². The molecular weight excluding hydrogens is 308 g/mol. The molecule has 5 rings (SSSR count). The van der Waals surface area contributed by atoms with Crippen LogP contribution >= 0.6 is 0 Å². The van der Waals surface area contributed by atoms with Crippen LogP contribution in [0.3, 0.4) is 0 Å². The summed E-state index contributed by atoms with van der Waals surface area (Å²) in [5.41, 5.74) is 0.830. The van der Waals surface area contributed by atoms with Crippen molar-refractivity contribution in [2.24, 2.45) is 5.92 Å². The van der Waals surface area contributed by atoms with Gasteiger partial charge in [0, 0.05) is 19.1 Å². The number of hydrogen-bond acceptors (Lipinski definition) is 6. The molecule has 3 aliphatic rings. The zero-order chi connectivity index (χ0) is 16.1. The lowest BCUT2D eigenvalue weighted by Gasteiger charge is -2.34. The first-order valence-electron chi connectivity index (χ1n) is 8.58. The van der Waals surface area contributed by atoms with Crippen LogP contribution in [0.4, 0.5) is 0 Å². The molecule has 0 bridgehead atoms. The zero-order valence-corrected chi connectivity index (χ0v) is 13.7. The van der Waals surface area contributed by atoms with Gasteiger partial charge in [-0.2, -0.15) is 0 Å². The summed E-state index contributed by atoms with van der Waals surface area (Å²) in [6, 6.07) is 6.11. The molecule has 126 valence electrons. The summed E-state index contributed by atoms with van der Waals surface area (Å²) in [5.74, 6) is 4.14. The number of benzene rings is 1. The standard InChI is InChI=1S/C18H20N2O4/c1-11-8-13(11)16-19-20-17(24-16)18(4-6-21-7-5-18)12-2-3-14-15(9-12)23-10-22-14/h2-3,9,11,13H,4-8,10H2,1H3. The Bertz CT molecular complexity index is 766. The van der Waals surface area contributed by atoms with Crippen LogP contribution in [0.2, 0.25) is 0 Å². The van der Waals surface area contributed by atoms with E-state index in [0.29, 0.717) is 30.9 Å². The first-order valence-corrected chi connectivity index (χ1v) is 8.58. The van der Waals surface area contributed by atoms with Crippen LogP contribution in [0, 0.1) is 5.92 Å². The van der Waals surface area contributed by atoms with Crippen molar-refractivity contribution >= 4 is 0 Å². The summed E-state index contributed by atoms with van der Waals surface area (Å²) in [7, 11) is 0. The minimum atomic E-state index is -0.303. The van der Waals surface area contributed by atoms with Gasteiger partial charge in [-0.3, -0.25) is 0 Å². The fraction of sp³-hybridized carbons (Fsp3) is 0.556. The Morgan fingerprint density at radius 1 is 1.08 bits per heavy atom. The van der Waals surface area contributed by atoms with Gasteiger partial charge >= 0.3 is 0 Å². The second-order valence-electron chi connectivity index (χ2n) is 7.03. The van der Waals surface area contributed by atoms with Gasteiger partial charge in [-0.15, -0.1) is 10.2 Å². The summed E-state index contributed by atoms with van der Waals surface area (Å²) in [4.78, 5) is 0. The maximum absolute atomic E-state index is 6.14. The maximum atomic E-state index is 6.14. The van der Waals surface area contributed by atoms with E-state index in [4.69, 9.17) is 18.6 Å². The minimum Gasteiger partial charge on any atom is -0.454 e. The van der Waals surface area contributed by atoms with Crippen molar-refractivity contribution in [2.45, 2.75) is 37.5 Å². The van der Waals surface area contributed by atoms with Gasteiger partial charge in [0.15, 0.2) is 11.5 Å². The summed E-state index contributed by atoms with van der Waals surface area (Å²) in [6.45, 7) is 3.87. The molecule has 1 aromatic carbocycles. The smallest absolute Gasteiger partial charge is 0.231 e. The van der Waals surface area contributed by atoms with Gasteiger partial charge < -0.3 is 18.6 Å². The van der Waals surface area contributed by atoms with E-state index in [0.717, 1.165) is 42.2 Å². The molecule has 0 spiro atoms. The maximum Gasteiger partial charge on any atom is 0.231 e. The third kappa shape index (κ3) is 2.13. The number of ether oxygens (including phenoxy) is 3. The van der Waals surface area contributed by atoms with Crippen molar-refractivity contribution < 1.29 is 18.6 Å². The summed E-state index contributed by atoms with van der Waals surface area (Å²) >= 11 is 0. The number of hydrogen-bond donors (Lipinski definition) is 0. The molecule has 0 N–H and O–H groups in total. The number of aromatic nitrogens is 2. The Hall–Kier alpha value is -2.08. The van der Waals surface area contributed by atoms with Crippen LogP contribution in [0.1, 0.15) is 49.4 Å².